The quantitative estimate of drug-likeness (QED) is 0.548. The van der Waals surface area contributed by atoms with Crippen molar-refractivity contribution in [1.29, 1.82) is 0 Å². The van der Waals surface area contributed by atoms with Gasteiger partial charge in [0.25, 0.3) is 0 Å². The number of carbonyl (C=O) groups excluding carboxylic acids is 1. The molecule has 2 aliphatic rings. The zero-order chi connectivity index (χ0) is 23.5. The van der Waals surface area contributed by atoms with Gasteiger partial charge in [0.05, 0.1) is 23.2 Å². The number of alkyl carbamates (subject to hydrolysis) is 1. The van der Waals surface area contributed by atoms with Crippen molar-refractivity contribution in [2.75, 3.05) is 31.2 Å². The van der Waals surface area contributed by atoms with Gasteiger partial charge in [0, 0.05) is 29.4 Å². The van der Waals surface area contributed by atoms with Crippen LogP contribution in [-0.2, 0) is 9.47 Å². The van der Waals surface area contributed by atoms with E-state index >= 15 is 0 Å². The molecule has 184 valence electrons. The molecule has 0 aliphatic carbocycles. The molecule has 1 amide bonds. The first-order valence-electron chi connectivity index (χ1n) is 11.9. The maximum Gasteiger partial charge on any atom is 0.407 e. The fourth-order valence-electron chi connectivity index (χ4n) is 4.63. The maximum absolute atomic E-state index is 12.4. The lowest BCUT2D eigenvalue weighted by atomic mass is 10.1. The Morgan fingerprint density at radius 3 is 2.94 bits per heavy atom. The number of para-hydroxylation sites is 1. The third-order valence-corrected chi connectivity index (χ3v) is 6.46. The number of fused-ring (bicyclic) bond motifs is 1. The largest absolute Gasteiger partial charge is 0.507 e. The zero-order valence-corrected chi connectivity index (χ0v) is 19.4. The van der Waals surface area contributed by atoms with Gasteiger partial charge < -0.3 is 24.8 Å². The normalized spacial score (nSPS) is 20.4. The first kappa shape index (κ1) is 22.4. The molecule has 0 radical (unpaired) electrons. The summed E-state index contributed by atoms with van der Waals surface area (Å²) >= 11 is 0. The Morgan fingerprint density at radius 2 is 2.12 bits per heavy atom. The van der Waals surface area contributed by atoms with Gasteiger partial charge in [-0.05, 0) is 62.4 Å². The molecule has 8 nitrogen and oxygen atoms in total. The lowest BCUT2D eigenvalue weighted by Crippen LogP contribution is -2.39. The summed E-state index contributed by atoms with van der Waals surface area (Å²) in [6.07, 6.45) is 3.51. The first-order valence-corrected chi connectivity index (χ1v) is 11.9. The topological polar surface area (TPSA) is 96.8 Å². The van der Waals surface area contributed by atoms with E-state index in [1.807, 2.05) is 37.3 Å². The van der Waals surface area contributed by atoms with Crippen molar-refractivity contribution in [3.8, 4) is 17.1 Å². The number of hydrogen-bond acceptors (Lipinski definition) is 7. The fourth-order valence-corrected chi connectivity index (χ4v) is 4.63. The molecular formula is C26H36N4O4. The number of phenols is 1. The van der Waals surface area contributed by atoms with Crippen LogP contribution in [0, 0.1) is 6.92 Å². The molecule has 3 aromatic rings. The van der Waals surface area contributed by atoms with Crippen molar-refractivity contribution >= 4 is 22.8 Å². The molecular weight excluding hydrogens is 432 g/mol. The minimum absolute atomic E-state index is 0. The van der Waals surface area contributed by atoms with Crippen LogP contribution in [0.15, 0.2) is 42.5 Å². The molecule has 5 rings (SSSR count). The van der Waals surface area contributed by atoms with E-state index in [2.05, 4.69) is 10.2 Å². The van der Waals surface area contributed by atoms with Gasteiger partial charge in [-0.15, -0.1) is 0 Å². The van der Waals surface area contributed by atoms with Crippen molar-refractivity contribution in [2.24, 2.45) is 0 Å². The molecule has 0 spiro atoms. The second-order valence-corrected chi connectivity index (χ2v) is 9.07. The van der Waals surface area contributed by atoms with E-state index in [1.54, 1.807) is 12.1 Å². The molecule has 1 unspecified atom stereocenters. The highest BCUT2D eigenvalue weighted by atomic mass is 16.6. The molecule has 2 fully saturated rings. The Balaban J connectivity index is 0.00000160. The molecule has 2 aromatic carbocycles. The molecule has 34 heavy (non-hydrogen) atoms. The van der Waals surface area contributed by atoms with Gasteiger partial charge in [-0.3, -0.25) is 0 Å². The second kappa shape index (κ2) is 9.85. The van der Waals surface area contributed by atoms with E-state index in [4.69, 9.17) is 19.4 Å². The van der Waals surface area contributed by atoms with Crippen LogP contribution in [-0.4, -0.2) is 59.6 Å². The van der Waals surface area contributed by atoms with Gasteiger partial charge in [0.1, 0.15) is 18.2 Å². The van der Waals surface area contributed by atoms with E-state index in [1.165, 1.54) is 0 Å². The predicted molar refractivity (Wildman–Crippen MR) is 136 cm³/mol. The number of aromatic nitrogens is 2. The van der Waals surface area contributed by atoms with Crippen molar-refractivity contribution in [3.05, 3.63) is 48.0 Å². The number of nitrogens with zero attached hydrogens (tertiary/aromatic N) is 3. The van der Waals surface area contributed by atoms with Crippen LogP contribution in [0.4, 0.5) is 10.6 Å². The third-order valence-electron chi connectivity index (χ3n) is 6.46. The van der Waals surface area contributed by atoms with Crippen LogP contribution < -0.4 is 10.2 Å². The summed E-state index contributed by atoms with van der Waals surface area (Å²) in [7, 11) is 0. The number of rotatable bonds is 5. The van der Waals surface area contributed by atoms with Gasteiger partial charge in [-0.1, -0.05) is 18.2 Å². The van der Waals surface area contributed by atoms with Crippen LogP contribution in [0.5, 0.6) is 5.75 Å². The molecule has 2 atom stereocenters. The number of amides is 1. The molecule has 0 bridgehead atoms. The minimum atomic E-state index is -0.404. The maximum atomic E-state index is 12.4. The Morgan fingerprint density at radius 1 is 1.24 bits per heavy atom. The van der Waals surface area contributed by atoms with E-state index in [9.17, 15) is 9.90 Å². The fraction of sp³-hybridized carbons (Fsp3) is 0.423. The summed E-state index contributed by atoms with van der Waals surface area (Å²) < 4.78 is 11.0. The smallest absolute Gasteiger partial charge is 0.407 e. The molecule has 8 heteroatoms. The number of hydrogen-bond donors (Lipinski definition) is 2. The summed E-state index contributed by atoms with van der Waals surface area (Å²) in [6.45, 7) is 4.43. The highest BCUT2D eigenvalue weighted by Crippen LogP contribution is 2.33. The molecule has 2 saturated heterocycles. The zero-order valence-electron chi connectivity index (χ0n) is 19.4. The molecule has 2 N–H and O–H groups in total. The van der Waals surface area contributed by atoms with Crippen LogP contribution >= 0.6 is 0 Å². The average Bonchev–Trinajstić information content (AvgIpc) is 3.31. The number of carbonyl (C=O) groups is 1. The van der Waals surface area contributed by atoms with E-state index in [-0.39, 0.29) is 22.2 Å². The van der Waals surface area contributed by atoms with Crippen molar-refractivity contribution in [3.63, 3.8) is 0 Å². The first-order chi connectivity index (χ1) is 16.6. The number of anilines is 1. The van der Waals surface area contributed by atoms with Gasteiger partial charge in [-0.2, -0.15) is 0 Å². The van der Waals surface area contributed by atoms with Crippen LogP contribution in [0.3, 0.4) is 0 Å². The summed E-state index contributed by atoms with van der Waals surface area (Å²) in [5.41, 5.74) is 2.52. The number of benzene rings is 2. The lowest BCUT2D eigenvalue weighted by molar-refractivity contribution is -0.0226. The Bertz CT molecular complexity index is 1190. The SMILES string of the molecule is Cc1ccc2c(N3CC[C@@H](NC(=O)OCC4CCCCO4)C3)nc(-c3ccccc3O)nc2c1.[HH].[HH].[HH]. The summed E-state index contributed by atoms with van der Waals surface area (Å²) in [5, 5.41) is 14.3. The third kappa shape index (κ3) is 4.92. The Hall–Kier alpha value is -3.39. The molecule has 3 heterocycles. The molecule has 2 aliphatic heterocycles. The van der Waals surface area contributed by atoms with E-state index in [0.717, 1.165) is 61.1 Å². The van der Waals surface area contributed by atoms with Gasteiger partial charge in [0.2, 0.25) is 0 Å². The number of phenolic OH excluding ortho intramolecular Hbond substituents is 1. The van der Waals surface area contributed by atoms with Crippen LogP contribution in [0.25, 0.3) is 22.3 Å². The number of ether oxygens (including phenoxy) is 2. The number of nitrogens with one attached hydrogen (secondary N) is 1. The average molecular weight is 469 g/mol. The lowest BCUT2D eigenvalue weighted by Gasteiger charge is -2.23. The van der Waals surface area contributed by atoms with E-state index in [0.29, 0.717) is 24.5 Å². The van der Waals surface area contributed by atoms with Crippen molar-refractivity contribution in [2.45, 2.75) is 44.8 Å². The van der Waals surface area contributed by atoms with Gasteiger partial charge in [-0.25, -0.2) is 14.8 Å². The highest BCUT2D eigenvalue weighted by molar-refractivity contribution is 5.92. The Kier molecular flexibility index (Phi) is 6.49. The highest BCUT2D eigenvalue weighted by Gasteiger charge is 2.28. The number of aryl methyl sites for hydroxylation is 1. The van der Waals surface area contributed by atoms with Crippen molar-refractivity contribution < 1.29 is 23.7 Å². The minimum Gasteiger partial charge on any atom is -0.507 e. The monoisotopic (exact) mass is 468 g/mol. The standard InChI is InChI=1S/C26H30N4O4.3H2/c1-17-9-10-20-22(14-17)28-24(21-7-2-3-8-23(21)31)29-25(20)30-12-11-18(15-30)27-26(32)34-16-19-6-4-5-13-33-19;;;/h2-3,7-10,14,18-19,31H,4-6,11-13,15-16H2,1H3,(H,27,32);3*1H/t18-,19?;;;/m1.../s1. The summed E-state index contributed by atoms with van der Waals surface area (Å²) in [4.78, 5) is 24.1. The van der Waals surface area contributed by atoms with Crippen LogP contribution in [0.2, 0.25) is 0 Å². The molecule has 1 aromatic heterocycles. The predicted octanol–water partition coefficient (Wildman–Crippen LogP) is 4.92. The summed E-state index contributed by atoms with van der Waals surface area (Å²) in [5.74, 6) is 1.43. The van der Waals surface area contributed by atoms with E-state index < -0.39 is 6.09 Å². The van der Waals surface area contributed by atoms with Crippen molar-refractivity contribution in [1.82, 2.24) is 15.3 Å². The number of aromatic hydroxyl groups is 1. The summed E-state index contributed by atoms with van der Waals surface area (Å²) in [6, 6.07) is 13.2. The Labute approximate surface area is 203 Å². The van der Waals surface area contributed by atoms with Crippen LogP contribution in [0.1, 0.15) is 35.5 Å². The van der Waals surface area contributed by atoms with Gasteiger partial charge in [0.15, 0.2) is 5.82 Å². The second-order valence-electron chi connectivity index (χ2n) is 9.07. The van der Waals surface area contributed by atoms with Gasteiger partial charge >= 0.3 is 6.09 Å². The molecule has 0 saturated carbocycles.